The van der Waals surface area contributed by atoms with Gasteiger partial charge in [0.1, 0.15) is 0 Å². The average molecular weight is 334 g/mol. The third-order valence-corrected chi connectivity index (χ3v) is 4.84. The molecular formula is C19H30N2O3. The lowest BCUT2D eigenvalue weighted by atomic mass is 9.82. The number of aliphatic hydroxyl groups excluding tert-OH is 2. The maximum atomic E-state index is 12.5. The fourth-order valence-electron chi connectivity index (χ4n) is 3.40. The van der Waals surface area contributed by atoms with E-state index >= 15 is 0 Å². The number of benzene rings is 1. The van der Waals surface area contributed by atoms with Gasteiger partial charge in [-0.2, -0.15) is 0 Å². The summed E-state index contributed by atoms with van der Waals surface area (Å²) in [5.74, 6) is 0.573. The molecule has 0 unspecified atom stereocenters. The zero-order chi connectivity index (χ0) is 17.5. The van der Waals surface area contributed by atoms with Gasteiger partial charge in [-0.05, 0) is 51.0 Å². The number of rotatable bonds is 6. The molecule has 5 nitrogen and oxygen atoms in total. The van der Waals surface area contributed by atoms with Gasteiger partial charge >= 0.3 is 6.03 Å². The highest BCUT2D eigenvalue weighted by atomic mass is 16.3. The van der Waals surface area contributed by atoms with Crippen LogP contribution in [-0.2, 0) is 0 Å². The third-order valence-electron chi connectivity index (χ3n) is 4.84. The minimum Gasteiger partial charge on any atom is -0.394 e. The highest BCUT2D eigenvalue weighted by molar-refractivity contribution is 5.75. The molecule has 5 heteroatoms. The van der Waals surface area contributed by atoms with Crippen LogP contribution in [-0.4, -0.2) is 52.5 Å². The van der Waals surface area contributed by atoms with Crippen LogP contribution in [0.2, 0.25) is 0 Å². The Morgan fingerprint density at radius 2 is 1.83 bits per heavy atom. The molecule has 2 atom stereocenters. The van der Waals surface area contributed by atoms with Crippen LogP contribution in [0.25, 0.3) is 0 Å². The summed E-state index contributed by atoms with van der Waals surface area (Å²) in [5.41, 5.74) is 1.38. The normalized spacial score (nSPS) is 23.3. The van der Waals surface area contributed by atoms with E-state index in [1.54, 1.807) is 13.8 Å². The van der Waals surface area contributed by atoms with Gasteiger partial charge in [0.25, 0.3) is 0 Å². The summed E-state index contributed by atoms with van der Waals surface area (Å²) in [4.78, 5) is 14.0. The van der Waals surface area contributed by atoms with E-state index in [1.165, 1.54) is 10.5 Å². The monoisotopic (exact) mass is 334 g/mol. The van der Waals surface area contributed by atoms with E-state index in [4.69, 9.17) is 0 Å². The summed E-state index contributed by atoms with van der Waals surface area (Å²) >= 11 is 0. The molecule has 1 aromatic carbocycles. The lowest BCUT2D eigenvalue weighted by Gasteiger charge is -2.34. The van der Waals surface area contributed by atoms with E-state index in [2.05, 4.69) is 29.6 Å². The van der Waals surface area contributed by atoms with Crippen LogP contribution in [0.3, 0.4) is 0 Å². The second kappa shape index (κ2) is 9.04. The molecule has 1 fully saturated rings. The van der Waals surface area contributed by atoms with Gasteiger partial charge in [0.2, 0.25) is 0 Å². The van der Waals surface area contributed by atoms with Gasteiger partial charge in [0.15, 0.2) is 0 Å². The molecule has 24 heavy (non-hydrogen) atoms. The molecule has 1 aromatic rings. The second-order valence-electron chi connectivity index (χ2n) is 6.94. The minimum absolute atomic E-state index is 0.110. The standard InChI is InChI=1S/C19H30N2O3/c1-14(13-22)21(12-15(2)23)19(24)20-18-10-8-17(9-11-18)16-6-4-3-5-7-16/h3-7,14-15,17-18,22-23H,8-13H2,1-2H3,(H,20,24)/t14-,15+,17?,18?/m1/s1. The maximum absolute atomic E-state index is 12.5. The Bertz CT molecular complexity index is 499. The molecule has 3 N–H and O–H groups in total. The number of hydrogen-bond donors (Lipinski definition) is 3. The zero-order valence-electron chi connectivity index (χ0n) is 14.7. The van der Waals surface area contributed by atoms with Crippen molar-refractivity contribution in [1.29, 1.82) is 0 Å². The Hall–Kier alpha value is -1.59. The van der Waals surface area contributed by atoms with Crippen LogP contribution in [0, 0.1) is 0 Å². The number of carbonyl (C=O) groups excluding carboxylic acids is 1. The molecule has 0 radical (unpaired) electrons. The molecule has 0 bridgehead atoms. The van der Waals surface area contributed by atoms with E-state index in [-0.39, 0.29) is 31.3 Å². The Kier molecular flexibility index (Phi) is 7.06. The van der Waals surface area contributed by atoms with Gasteiger partial charge in [-0.1, -0.05) is 30.3 Å². The highest BCUT2D eigenvalue weighted by Crippen LogP contribution is 2.32. The van der Waals surface area contributed by atoms with Crippen LogP contribution in [0.5, 0.6) is 0 Å². The summed E-state index contributed by atoms with van der Waals surface area (Å²) in [6.45, 7) is 3.55. The lowest BCUT2D eigenvalue weighted by molar-refractivity contribution is 0.0914. The van der Waals surface area contributed by atoms with Crippen molar-refractivity contribution in [2.24, 2.45) is 0 Å². The van der Waals surface area contributed by atoms with E-state index in [0.717, 1.165) is 25.7 Å². The molecule has 1 saturated carbocycles. The van der Waals surface area contributed by atoms with E-state index in [9.17, 15) is 15.0 Å². The quantitative estimate of drug-likeness (QED) is 0.748. The molecule has 1 aliphatic carbocycles. The molecule has 1 aliphatic rings. The van der Waals surface area contributed by atoms with Crippen molar-refractivity contribution in [2.45, 2.75) is 63.6 Å². The predicted molar refractivity (Wildman–Crippen MR) is 94.9 cm³/mol. The molecule has 0 heterocycles. The predicted octanol–water partition coefficient (Wildman–Crippen LogP) is 2.49. The van der Waals surface area contributed by atoms with Crippen molar-refractivity contribution < 1.29 is 15.0 Å². The van der Waals surface area contributed by atoms with Gasteiger partial charge in [-0.15, -0.1) is 0 Å². The van der Waals surface area contributed by atoms with Crippen molar-refractivity contribution in [1.82, 2.24) is 10.2 Å². The van der Waals surface area contributed by atoms with Crippen molar-refractivity contribution >= 4 is 6.03 Å². The molecule has 2 amide bonds. The van der Waals surface area contributed by atoms with Crippen molar-refractivity contribution in [3.63, 3.8) is 0 Å². The first kappa shape index (κ1) is 18.7. The van der Waals surface area contributed by atoms with Crippen molar-refractivity contribution in [3.8, 4) is 0 Å². The zero-order valence-corrected chi connectivity index (χ0v) is 14.7. The summed E-state index contributed by atoms with van der Waals surface area (Å²) in [6, 6.07) is 10.2. The van der Waals surface area contributed by atoms with Crippen LogP contribution >= 0.6 is 0 Å². The summed E-state index contributed by atoms with van der Waals surface area (Å²) in [5, 5.41) is 22.0. The van der Waals surface area contributed by atoms with Gasteiger partial charge in [-0.3, -0.25) is 0 Å². The summed E-state index contributed by atoms with van der Waals surface area (Å²) in [7, 11) is 0. The average Bonchev–Trinajstić information content (AvgIpc) is 2.60. The molecule has 134 valence electrons. The van der Waals surface area contributed by atoms with Crippen LogP contribution in [0.15, 0.2) is 30.3 Å². The Morgan fingerprint density at radius 1 is 1.21 bits per heavy atom. The van der Waals surface area contributed by atoms with Gasteiger partial charge in [-0.25, -0.2) is 4.79 Å². The number of carbonyl (C=O) groups is 1. The lowest BCUT2D eigenvalue weighted by Crippen LogP contribution is -2.52. The highest BCUT2D eigenvalue weighted by Gasteiger charge is 2.27. The first-order valence-electron chi connectivity index (χ1n) is 8.92. The number of urea groups is 1. The first-order valence-corrected chi connectivity index (χ1v) is 8.92. The maximum Gasteiger partial charge on any atom is 0.318 e. The number of nitrogens with zero attached hydrogens (tertiary/aromatic N) is 1. The molecule has 0 saturated heterocycles. The minimum atomic E-state index is -0.612. The number of aliphatic hydroxyl groups is 2. The van der Waals surface area contributed by atoms with Crippen LogP contribution < -0.4 is 5.32 Å². The number of hydrogen-bond acceptors (Lipinski definition) is 3. The molecule has 0 spiro atoms. The van der Waals surface area contributed by atoms with Crippen LogP contribution in [0.4, 0.5) is 4.79 Å². The van der Waals surface area contributed by atoms with Crippen molar-refractivity contribution in [2.75, 3.05) is 13.2 Å². The Morgan fingerprint density at radius 3 is 2.38 bits per heavy atom. The Balaban J connectivity index is 1.86. The van der Waals surface area contributed by atoms with Gasteiger partial charge < -0.3 is 20.4 Å². The first-order chi connectivity index (χ1) is 11.5. The fourth-order valence-corrected chi connectivity index (χ4v) is 3.40. The number of amides is 2. The third kappa shape index (κ3) is 5.21. The molecule has 0 aromatic heterocycles. The summed E-state index contributed by atoms with van der Waals surface area (Å²) < 4.78 is 0. The topological polar surface area (TPSA) is 72.8 Å². The van der Waals surface area contributed by atoms with Crippen molar-refractivity contribution in [3.05, 3.63) is 35.9 Å². The second-order valence-corrected chi connectivity index (χ2v) is 6.94. The smallest absolute Gasteiger partial charge is 0.318 e. The van der Waals surface area contributed by atoms with E-state index in [1.807, 2.05) is 6.07 Å². The molecular weight excluding hydrogens is 304 g/mol. The molecule has 0 aliphatic heterocycles. The van der Waals surface area contributed by atoms with E-state index in [0.29, 0.717) is 5.92 Å². The van der Waals surface area contributed by atoms with Crippen LogP contribution in [0.1, 0.15) is 51.0 Å². The summed E-state index contributed by atoms with van der Waals surface area (Å²) in [6.07, 6.45) is 3.45. The fraction of sp³-hybridized carbons (Fsp3) is 0.632. The van der Waals surface area contributed by atoms with Gasteiger partial charge in [0, 0.05) is 12.6 Å². The largest absolute Gasteiger partial charge is 0.394 e. The van der Waals surface area contributed by atoms with Gasteiger partial charge in [0.05, 0.1) is 18.8 Å². The SMILES string of the molecule is C[C@H](O)CN(C(=O)NC1CCC(c2ccccc2)CC1)[C@H](C)CO. The number of nitrogens with one attached hydrogen (secondary N) is 1. The molecule has 2 rings (SSSR count). The Labute approximate surface area is 144 Å². The van der Waals surface area contributed by atoms with E-state index < -0.39 is 6.10 Å².